The number of hydrogen-bond acceptors (Lipinski definition) is 5. The molecule has 4 rings (SSSR count). The van der Waals surface area contributed by atoms with Gasteiger partial charge in [0, 0.05) is 24.7 Å². The van der Waals surface area contributed by atoms with Gasteiger partial charge in [0.1, 0.15) is 35.0 Å². The van der Waals surface area contributed by atoms with Gasteiger partial charge in [-0.1, -0.05) is 17.7 Å². The fourth-order valence-corrected chi connectivity index (χ4v) is 4.68. The van der Waals surface area contributed by atoms with E-state index in [1.54, 1.807) is 18.2 Å². The molecule has 3 aromatic rings. The molecule has 1 aliphatic heterocycles. The molecule has 1 N–H and O–H groups in total. The molecule has 1 atom stereocenters. The molecule has 0 saturated carbocycles. The van der Waals surface area contributed by atoms with Crippen LogP contribution in [0.5, 0.6) is 11.5 Å². The highest BCUT2D eigenvalue weighted by molar-refractivity contribution is 6.30. The van der Waals surface area contributed by atoms with E-state index in [0.29, 0.717) is 22.2 Å². The number of fused-ring (bicyclic) bond motifs is 1. The van der Waals surface area contributed by atoms with Gasteiger partial charge in [0.25, 0.3) is 0 Å². The number of para-hydroxylation sites is 1. The molecule has 188 valence electrons. The van der Waals surface area contributed by atoms with Crippen molar-refractivity contribution in [2.75, 3.05) is 13.1 Å². The number of benzene rings is 2. The van der Waals surface area contributed by atoms with Gasteiger partial charge >= 0.3 is 6.09 Å². The number of likely N-dealkylation sites (tertiary alicyclic amines) is 1. The number of carbonyl (C=O) groups is 1. The summed E-state index contributed by atoms with van der Waals surface area (Å²) in [6, 6.07) is 12.7. The first kappa shape index (κ1) is 25.2. The number of piperidine rings is 1. The predicted octanol–water partition coefficient (Wildman–Crippen LogP) is 6.40. The van der Waals surface area contributed by atoms with Crippen molar-refractivity contribution in [2.24, 2.45) is 5.92 Å². The van der Waals surface area contributed by atoms with Crippen molar-refractivity contribution in [1.29, 1.82) is 0 Å². The number of nitrogens with zero attached hydrogens (tertiary/aromatic N) is 3. The molecule has 0 bridgehead atoms. The van der Waals surface area contributed by atoms with Crippen molar-refractivity contribution in [2.45, 2.75) is 65.2 Å². The Hall–Kier alpha value is -2.93. The summed E-state index contributed by atoms with van der Waals surface area (Å²) in [7, 11) is 0. The second kappa shape index (κ2) is 10.8. The third-order valence-electron chi connectivity index (χ3n) is 6.18. The maximum Gasteiger partial charge on any atom is 0.410 e. The Bertz CT molecular complexity index is 1150. The number of aryl methyl sites for hydroxylation is 1. The minimum absolute atomic E-state index is 0.161. The van der Waals surface area contributed by atoms with E-state index in [9.17, 15) is 9.90 Å². The molecule has 0 aliphatic carbocycles. The number of phenols is 1. The maximum atomic E-state index is 12.5. The van der Waals surface area contributed by atoms with Crippen molar-refractivity contribution >= 4 is 28.7 Å². The van der Waals surface area contributed by atoms with Crippen molar-refractivity contribution < 1.29 is 19.4 Å². The van der Waals surface area contributed by atoms with Crippen LogP contribution in [0.4, 0.5) is 4.79 Å². The summed E-state index contributed by atoms with van der Waals surface area (Å²) in [5, 5.41) is 11.0. The smallest absolute Gasteiger partial charge is 0.410 e. The highest BCUT2D eigenvalue weighted by Crippen LogP contribution is 2.28. The fraction of sp³-hybridized carbons (Fsp3) is 0.481. The molecule has 2 heterocycles. The van der Waals surface area contributed by atoms with Gasteiger partial charge in [0.2, 0.25) is 0 Å². The number of ether oxygens (including phenoxy) is 2. The fourth-order valence-electron chi connectivity index (χ4n) is 4.55. The lowest BCUT2D eigenvalue weighted by atomic mass is 9.93. The third kappa shape index (κ3) is 6.60. The Morgan fingerprint density at radius 3 is 2.71 bits per heavy atom. The first-order valence-corrected chi connectivity index (χ1v) is 12.6. The van der Waals surface area contributed by atoms with Gasteiger partial charge in [-0.3, -0.25) is 0 Å². The highest BCUT2D eigenvalue weighted by Gasteiger charge is 2.27. The topological polar surface area (TPSA) is 76.8 Å². The van der Waals surface area contributed by atoms with Crippen molar-refractivity contribution in [3.05, 3.63) is 53.3 Å². The normalized spacial score (nSPS) is 16.5. The van der Waals surface area contributed by atoms with E-state index in [1.807, 2.05) is 49.9 Å². The second-order valence-corrected chi connectivity index (χ2v) is 10.6. The van der Waals surface area contributed by atoms with Gasteiger partial charge in [-0.05, 0) is 88.8 Å². The first-order valence-electron chi connectivity index (χ1n) is 12.2. The summed E-state index contributed by atoms with van der Waals surface area (Å²) in [6.45, 7) is 8.21. The molecule has 35 heavy (non-hydrogen) atoms. The van der Waals surface area contributed by atoms with Crippen molar-refractivity contribution in [1.82, 2.24) is 14.5 Å². The van der Waals surface area contributed by atoms with Crippen LogP contribution in [0.3, 0.4) is 0 Å². The van der Waals surface area contributed by atoms with Crippen LogP contribution in [-0.2, 0) is 17.9 Å². The largest absolute Gasteiger partial charge is 0.506 e. The SMILES string of the molecule is CC(C)(C)OC(=O)N1CCC[C@@H](CCCn2c(COc3ccc(Cl)cc3)nc3c(O)cccc32)C1. The average Bonchev–Trinajstić information content (AvgIpc) is 3.17. The number of amides is 1. The summed E-state index contributed by atoms with van der Waals surface area (Å²) in [6.07, 6.45) is 3.81. The van der Waals surface area contributed by atoms with Crippen molar-refractivity contribution in [3.63, 3.8) is 0 Å². The van der Waals surface area contributed by atoms with Crippen LogP contribution in [0.15, 0.2) is 42.5 Å². The Balaban J connectivity index is 1.41. The zero-order valence-corrected chi connectivity index (χ0v) is 21.4. The quantitative estimate of drug-likeness (QED) is 0.407. The van der Waals surface area contributed by atoms with Crippen LogP contribution >= 0.6 is 11.6 Å². The molecular formula is C27H34ClN3O4. The lowest BCUT2D eigenvalue weighted by molar-refractivity contribution is 0.0160. The summed E-state index contributed by atoms with van der Waals surface area (Å²) in [4.78, 5) is 19.0. The number of rotatable bonds is 7. The Morgan fingerprint density at radius 2 is 1.97 bits per heavy atom. The average molecular weight is 500 g/mol. The molecule has 0 radical (unpaired) electrons. The van der Waals surface area contributed by atoms with Crippen LogP contribution in [0.2, 0.25) is 5.02 Å². The van der Waals surface area contributed by atoms with Crippen LogP contribution in [0.25, 0.3) is 11.0 Å². The van der Waals surface area contributed by atoms with E-state index >= 15 is 0 Å². The second-order valence-electron chi connectivity index (χ2n) is 10.1. The van der Waals surface area contributed by atoms with Crippen LogP contribution in [0, 0.1) is 5.92 Å². The van der Waals surface area contributed by atoms with Crippen molar-refractivity contribution in [3.8, 4) is 11.5 Å². The standard InChI is InChI=1S/C27H34ClN3O4/c1-27(2,3)35-26(33)30-15-5-7-19(17-30)8-6-16-31-22-9-4-10-23(32)25(22)29-24(31)18-34-21-13-11-20(28)12-14-21/h4,9-14,19,32H,5-8,15-18H2,1-3H3/t19-/m0/s1. The summed E-state index contributed by atoms with van der Waals surface area (Å²) < 4.78 is 13.6. The Labute approximate surface area is 211 Å². The molecule has 1 saturated heterocycles. The third-order valence-corrected chi connectivity index (χ3v) is 6.43. The number of imidazole rings is 1. The summed E-state index contributed by atoms with van der Waals surface area (Å²) in [5.74, 6) is 2.07. The van der Waals surface area contributed by atoms with E-state index in [2.05, 4.69) is 9.55 Å². The van der Waals surface area contributed by atoms with E-state index in [0.717, 1.165) is 56.7 Å². The zero-order valence-electron chi connectivity index (χ0n) is 20.7. The molecule has 1 aromatic heterocycles. The zero-order chi connectivity index (χ0) is 25.0. The Kier molecular flexibility index (Phi) is 7.75. The summed E-state index contributed by atoms with van der Waals surface area (Å²) >= 11 is 5.97. The van der Waals surface area contributed by atoms with Gasteiger partial charge in [-0.2, -0.15) is 0 Å². The molecule has 8 heteroatoms. The molecule has 1 aliphatic rings. The van der Waals surface area contributed by atoms with E-state index in [-0.39, 0.29) is 18.4 Å². The number of phenolic OH excluding ortho intramolecular Hbond substituents is 1. The molecule has 2 aromatic carbocycles. The molecule has 0 spiro atoms. The predicted molar refractivity (Wildman–Crippen MR) is 137 cm³/mol. The minimum Gasteiger partial charge on any atom is -0.506 e. The number of aromatic hydroxyl groups is 1. The van der Waals surface area contributed by atoms with Crippen LogP contribution in [-0.4, -0.2) is 44.3 Å². The maximum absolute atomic E-state index is 12.5. The molecular weight excluding hydrogens is 466 g/mol. The molecule has 0 unspecified atom stereocenters. The van der Waals surface area contributed by atoms with Gasteiger partial charge < -0.3 is 24.0 Å². The van der Waals surface area contributed by atoms with E-state index in [4.69, 9.17) is 21.1 Å². The van der Waals surface area contributed by atoms with Crippen LogP contribution in [0.1, 0.15) is 52.3 Å². The molecule has 1 fully saturated rings. The van der Waals surface area contributed by atoms with Gasteiger partial charge in [0.05, 0.1) is 5.52 Å². The number of halogens is 1. The lowest BCUT2D eigenvalue weighted by Gasteiger charge is -2.34. The number of carbonyl (C=O) groups excluding carboxylic acids is 1. The molecule has 7 nitrogen and oxygen atoms in total. The Morgan fingerprint density at radius 1 is 1.20 bits per heavy atom. The lowest BCUT2D eigenvalue weighted by Crippen LogP contribution is -2.42. The first-order chi connectivity index (χ1) is 16.7. The van der Waals surface area contributed by atoms with Crippen LogP contribution < -0.4 is 4.74 Å². The minimum atomic E-state index is -0.484. The number of aromatic nitrogens is 2. The van der Waals surface area contributed by atoms with Gasteiger partial charge in [-0.25, -0.2) is 9.78 Å². The number of hydrogen-bond donors (Lipinski definition) is 1. The van der Waals surface area contributed by atoms with Gasteiger partial charge in [0.15, 0.2) is 0 Å². The van der Waals surface area contributed by atoms with E-state index < -0.39 is 5.60 Å². The molecule has 1 amide bonds. The monoisotopic (exact) mass is 499 g/mol. The van der Waals surface area contributed by atoms with E-state index in [1.165, 1.54) is 0 Å². The van der Waals surface area contributed by atoms with Gasteiger partial charge in [-0.15, -0.1) is 0 Å². The summed E-state index contributed by atoms with van der Waals surface area (Å²) in [5.41, 5.74) is 0.984. The highest BCUT2D eigenvalue weighted by atomic mass is 35.5.